The molecule has 0 radical (unpaired) electrons. The fourth-order valence-electron chi connectivity index (χ4n) is 9.13. The highest BCUT2D eigenvalue weighted by Gasteiger charge is 2.35. The number of allylic oxidation sites excluding steroid dienone is 4. The average molecular weight is 894 g/mol. The number of hydrogen-bond donors (Lipinski definition) is 4. The van der Waals surface area contributed by atoms with Crippen LogP contribution in [0.25, 0.3) is 0 Å². The number of benzene rings is 1. The van der Waals surface area contributed by atoms with E-state index in [1.54, 1.807) is 0 Å². The second kappa shape index (κ2) is 39.9. The Labute approximate surface area is 391 Å². The highest BCUT2D eigenvalue weighted by atomic mass is 16.4. The Morgan fingerprint density at radius 2 is 0.719 bits per heavy atom. The van der Waals surface area contributed by atoms with Gasteiger partial charge in [0.2, 0.25) is 0 Å². The fraction of sp³-hybridized carbons (Fsp3) is 0.750. The maximum absolute atomic E-state index is 13.9. The van der Waals surface area contributed by atoms with E-state index in [1.165, 1.54) is 89.9 Å². The van der Waals surface area contributed by atoms with E-state index in [0.717, 1.165) is 115 Å². The van der Waals surface area contributed by atoms with E-state index in [2.05, 4.69) is 57.3 Å². The lowest BCUT2D eigenvalue weighted by Crippen LogP contribution is -2.31. The molecule has 4 N–H and O–H groups in total. The van der Waals surface area contributed by atoms with Crippen molar-refractivity contribution in [3.63, 3.8) is 0 Å². The molecule has 0 bridgehead atoms. The Balaban J connectivity index is 2.86. The van der Waals surface area contributed by atoms with Crippen molar-refractivity contribution < 1.29 is 34.5 Å². The normalized spacial score (nSPS) is 11.7. The van der Waals surface area contributed by atoms with Crippen LogP contribution in [0, 0.1) is 5.92 Å². The number of hydrogen-bond acceptors (Lipinski definition) is 4. The molecule has 366 valence electrons. The van der Waals surface area contributed by atoms with Crippen molar-refractivity contribution in [1.29, 1.82) is 0 Å². The number of amides is 1. The predicted molar refractivity (Wildman–Crippen MR) is 269 cm³/mol. The first-order valence-corrected chi connectivity index (χ1v) is 26.7. The molecule has 64 heavy (non-hydrogen) atoms. The number of unbranched alkanes of at least 4 members (excludes halogenated alkanes) is 26. The number of carboxylic acid groups (broad SMARTS) is 3. The zero-order valence-electron chi connectivity index (χ0n) is 41.5. The van der Waals surface area contributed by atoms with E-state index in [9.17, 15) is 34.5 Å². The van der Waals surface area contributed by atoms with Crippen molar-refractivity contribution in [3.05, 3.63) is 57.7 Å². The van der Waals surface area contributed by atoms with Crippen molar-refractivity contribution in [2.75, 3.05) is 6.54 Å². The molecule has 0 aromatic heterocycles. The standard InChI is InChI=1S/C56H95NO7/c1-5-9-11-13-14-15-16-17-18-21-24-27-30-33-36-39-43-47-49(53(58)57-45-41-12-10-6-2)50(54(59)60)48(52(56(63)64)51(47)55(61)62)44-40-37-34-31-28-25-22-19-20-23-26-29-32-35-38-42-46(7-3)8-4/h17-20,46H,5-16,21-45H2,1-4H3,(H,57,58)(H,59,60)(H,61,62)(H,63,64)/b18-17-,20-19-. The summed E-state index contributed by atoms with van der Waals surface area (Å²) in [6.45, 7) is 9.27. The maximum atomic E-state index is 13.9. The van der Waals surface area contributed by atoms with Gasteiger partial charge in [-0.1, -0.05) is 200 Å². The summed E-state index contributed by atoms with van der Waals surface area (Å²) in [7, 11) is 0. The molecule has 0 fully saturated rings. The molecule has 0 heterocycles. The van der Waals surface area contributed by atoms with Gasteiger partial charge < -0.3 is 20.6 Å². The second-order valence-corrected chi connectivity index (χ2v) is 18.5. The first-order chi connectivity index (χ1) is 31.2. The van der Waals surface area contributed by atoms with Crippen LogP contribution in [0.1, 0.15) is 299 Å². The molecule has 1 aromatic carbocycles. The highest BCUT2D eigenvalue weighted by Crippen LogP contribution is 2.33. The van der Waals surface area contributed by atoms with Crippen molar-refractivity contribution >= 4 is 23.8 Å². The molecule has 1 rings (SSSR count). The summed E-state index contributed by atoms with van der Waals surface area (Å²) in [5.41, 5.74) is -1.45. The van der Waals surface area contributed by atoms with Crippen LogP contribution in [-0.4, -0.2) is 45.7 Å². The van der Waals surface area contributed by atoms with Crippen LogP contribution in [-0.2, 0) is 12.8 Å². The minimum atomic E-state index is -1.47. The Morgan fingerprint density at radius 3 is 1.09 bits per heavy atom. The zero-order valence-corrected chi connectivity index (χ0v) is 41.5. The first-order valence-electron chi connectivity index (χ1n) is 26.7. The number of carboxylic acids is 3. The van der Waals surface area contributed by atoms with E-state index in [0.29, 0.717) is 25.8 Å². The van der Waals surface area contributed by atoms with Gasteiger partial charge in [-0.25, -0.2) is 14.4 Å². The molecule has 1 aromatic rings. The monoisotopic (exact) mass is 894 g/mol. The minimum absolute atomic E-state index is 0.0320. The minimum Gasteiger partial charge on any atom is -0.478 e. The Hall–Kier alpha value is -3.42. The number of carbonyl (C=O) groups excluding carboxylic acids is 1. The third kappa shape index (κ3) is 26.5. The Morgan fingerprint density at radius 1 is 0.406 bits per heavy atom. The van der Waals surface area contributed by atoms with Crippen molar-refractivity contribution in [1.82, 2.24) is 5.32 Å². The van der Waals surface area contributed by atoms with E-state index in [1.807, 2.05) is 0 Å². The van der Waals surface area contributed by atoms with Gasteiger partial charge in [0.1, 0.15) is 0 Å². The van der Waals surface area contributed by atoms with Crippen LogP contribution in [0.4, 0.5) is 0 Å². The first kappa shape index (κ1) is 58.6. The van der Waals surface area contributed by atoms with Gasteiger partial charge in [0.05, 0.1) is 22.3 Å². The van der Waals surface area contributed by atoms with Crippen molar-refractivity contribution in [2.45, 2.75) is 259 Å². The van der Waals surface area contributed by atoms with Gasteiger partial charge in [-0.2, -0.15) is 0 Å². The zero-order chi connectivity index (χ0) is 47.0. The van der Waals surface area contributed by atoms with Crippen LogP contribution in [0.5, 0.6) is 0 Å². The van der Waals surface area contributed by atoms with Gasteiger partial charge >= 0.3 is 17.9 Å². The van der Waals surface area contributed by atoms with Crippen molar-refractivity contribution in [2.24, 2.45) is 5.92 Å². The fourth-order valence-corrected chi connectivity index (χ4v) is 9.13. The molecule has 0 atom stereocenters. The van der Waals surface area contributed by atoms with E-state index in [4.69, 9.17) is 0 Å². The van der Waals surface area contributed by atoms with Crippen LogP contribution >= 0.6 is 0 Å². The molecule has 1 amide bonds. The third-order valence-corrected chi connectivity index (χ3v) is 13.2. The summed E-state index contributed by atoms with van der Waals surface area (Å²) in [6, 6.07) is 0. The number of carbonyl (C=O) groups is 4. The van der Waals surface area contributed by atoms with Gasteiger partial charge in [0.25, 0.3) is 5.91 Å². The summed E-state index contributed by atoms with van der Waals surface area (Å²) in [6.07, 6.45) is 46.8. The number of nitrogens with one attached hydrogen (secondary N) is 1. The largest absolute Gasteiger partial charge is 0.478 e. The smallest absolute Gasteiger partial charge is 0.336 e. The second-order valence-electron chi connectivity index (χ2n) is 18.5. The molecule has 0 aliphatic heterocycles. The molecule has 0 saturated carbocycles. The quantitative estimate of drug-likeness (QED) is 0.0377. The summed E-state index contributed by atoms with van der Waals surface area (Å²) < 4.78 is 0. The lowest BCUT2D eigenvalue weighted by Gasteiger charge is -2.22. The summed E-state index contributed by atoms with van der Waals surface area (Å²) >= 11 is 0. The lowest BCUT2D eigenvalue weighted by molar-refractivity contribution is 0.0645. The molecule has 0 aliphatic carbocycles. The van der Waals surface area contributed by atoms with E-state index in [-0.39, 0.29) is 35.1 Å². The van der Waals surface area contributed by atoms with Crippen LogP contribution in [0.15, 0.2) is 24.3 Å². The van der Waals surface area contributed by atoms with Gasteiger partial charge in [-0.05, 0) is 101 Å². The summed E-state index contributed by atoms with van der Waals surface area (Å²) in [5, 5.41) is 34.6. The molecule has 0 aliphatic rings. The maximum Gasteiger partial charge on any atom is 0.336 e. The molecule has 8 heteroatoms. The van der Waals surface area contributed by atoms with Gasteiger partial charge in [0.15, 0.2) is 0 Å². The van der Waals surface area contributed by atoms with E-state index >= 15 is 0 Å². The molecular formula is C56H95NO7. The van der Waals surface area contributed by atoms with Crippen molar-refractivity contribution in [3.8, 4) is 0 Å². The Kier molecular flexibility index (Phi) is 36.5. The molecule has 0 saturated heterocycles. The van der Waals surface area contributed by atoms with Gasteiger partial charge in [0, 0.05) is 6.54 Å². The van der Waals surface area contributed by atoms with Crippen LogP contribution in [0.3, 0.4) is 0 Å². The lowest BCUT2D eigenvalue weighted by atomic mass is 9.82. The SMILES string of the molecule is CCCCCCCC/C=C\CCCCCCCCc1c(C(=O)O)c(C(=O)O)c(CCCCCCCC/C=C\CCCCCCCC(CC)CC)c(C(=O)O)c1C(=O)NCCCCCC. The average Bonchev–Trinajstić information content (AvgIpc) is 3.27. The number of aromatic carboxylic acids is 3. The molecule has 0 unspecified atom stereocenters. The molecule has 0 spiro atoms. The Bertz CT molecular complexity index is 1460. The van der Waals surface area contributed by atoms with Crippen LogP contribution < -0.4 is 5.32 Å². The molecular weight excluding hydrogens is 799 g/mol. The van der Waals surface area contributed by atoms with Gasteiger partial charge in [-0.3, -0.25) is 4.79 Å². The van der Waals surface area contributed by atoms with Gasteiger partial charge in [-0.15, -0.1) is 0 Å². The number of rotatable bonds is 44. The third-order valence-electron chi connectivity index (χ3n) is 13.2. The highest BCUT2D eigenvalue weighted by molar-refractivity contribution is 6.14. The summed E-state index contributed by atoms with van der Waals surface area (Å²) in [5.74, 6) is -4.03. The van der Waals surface area contributed by atoms with Crippen LogP contribution in [0.2, 0.25) is 0 Å². The predicted octanol–water partition coefficient (Wildman–Crippen LogP) is 16.7. The summed E-state index contributed by atoms with van der Waals surface area (Å²) in [4.78, 5) is 52.9. The van der Waals surface area contributed by atoms with E-state index < -0.39 is 34.9 Å². The molecule has 8 nitrogen and oxygen atoms in total. The topological polar surface area (TPSA) is 141 Å².